The van der Waals surface area contributed by atoms with Gasteiger partial charge < -0.3 is 9.80 Å². The molecule has 56 heavy (non-hydrogen) atoms. The lowest BCUT2D eigenvalue weighted by atomic mass is 9.91. The van der Waals surface area contributed by atoms with Crippen molar-refractivity contribution in [1.82, 2.24) is 0 Å². The molecule has 0 saturated carbocycles. The number of anilines is 6. The lowest BCUT2D eigenvalue weighted by Gasteiger charge is -2.31. The predicted octanol–water partition coefficient (Wildman–Crippen LogP) is 15.5. The van der Waals surface area contributed by atoms with Gasteiger partial charge in [0, 0.05) is 33.5 Å². The zero-order valence-corrected chi connectivity index (χ0v) is 31.5. The Labute approximate surface area is 328 Å². The average Bonchev–Trinajstić information content (AvgIpc) is 3.26. The van der Waals surface area contributed by atoms with E-state index in [2.05, 4.69) is 230 Å². The topological polar surface area (TPSA) is 6.48 Å². The van der Waals surface area contributed by atoms with E-state index in [9.17, 15) is 0 Å². The molecule has 0 unspecified atom stereocenters. The summed E-state index contributed by atoms with van der Waals surface area (Å²) in [6.07, 6.45) is 0. The first kappa shape index (κ1) is 33.4. The van der Waals surface area contributed by atoms with Crippen LogP contribution in [0.5, 0.6) is 0 Å². The highest BCUT2D eigenvalue weighted by molar-refractivity contribution is 6.28. The van der Waals surface area contributed by atoms with E-state index >= 15 is 0 Å². The van der Waals surface area contributed by atoms with E-state index in [0.717, 1.165) is 34.1 Å². The molecule has 0 saturated heterocycles. The van der Waals surface area contributed by atoms with Crippen LogP contribution in [0, 0.1) is 13.8 Å². The van der Waals surface area contributed by atoms with Gasteiger partial charge in [0.05, 0.1) is 11.4 Å². The third-order valence-corrected chi connectivity index (χ3v) is 11.2. The summed E-state index contributed by atoms with van der Waals surface area (Å²) >= 11 is 0. The van der Waals surface area contributed by atoms with E-state index in [1.54, 1.807) is 0 Å². The van der Waals surface area contributed by atoms with Gasteiger partial charge in [0.15, 0.2) is 0 Å². The highest BCUT2D eigenvalue weighted by Gasteiger charge is 2.23. The van der Waals surface area contributed by atoms with Crippen LogP contribution in [0.2, 0.25) is 0 Å². The molecule has 0 spiro atoms. The molecule has 0 radical (unpaired) electrons. The number of aryl methyl sites for hydroxylation is 2. The SMILES string of the molecule is Cc1cc(-c2ccccc2)ccc1N(c1ccccc1)c1ccc2ccc3ccc(N(c4ccccc4)c4ccc(-c5ccccc5)cc4C)c4ccc1c2c34. The van der Waals surface area contributed by atoms with E-state index in [1.807, 2.05) is 0 Å². The van der Waals surface area contributed by atoms with Gasteiger partial charge in [-0.2, -0.15) is 0 Å². The Bertz CT molecular complexity index is 2770. The Kier molecular flexibility index (Phi) is 8.30. The van der Waals surface area contributed by atoms with Crippen LogP contribution in [0.3, 0.4) is 0 Å². The maximum Gasteiger partial charge on any atom is 0.0540 e. The molecule has 0 N–H and O–H groups in total. The maximum atomic E-state index is 2.44. The molecule has 0 aliphatic heterocycles. The molecule has 0 aliphatic carbocycles. The molecule has 10 aromatic carbocycles. The largest absolute Gasteiger partial charge is 0.310 e. The van der Waals surface area contributed by atoms with Crippen LogP contribution in [0.25, 0.3) is 54.6 Å². The lowest BCUT2D eigenvalue weighted by Crippen LogP contribution is -2.13. The summed E-state index contributed by atoms with van der Waals surface area (Å²) in [5.41, 5.74) is 14.2. The first-order valence-electron chi connectivity index (χ1n) is 19.4. The number of rotatable bonds is 8. The number of hydrogen-bond donors (Lipinski definition) is 0. The Balaban J connectivity index is 1.18. The van der Waals surface area contributed by atoms with Crippen molar-refractivity contribution >= 4 is 66.4 Å². The zero-order chi connectivity index (χ0) is 37.6. The highest BCUT2D eigenvalue weighted by Crippen LogP contribution is 2.48. The van der Waals surface area contributed by atoms with Gasteiger partial charge in [0.2, 0.25) is 0 Å². The molecular formula is C54H40N2. The van der Waals surface area contributed by atoms with Crippen LogP contribution >= 0.6 is 0 Å². The van der Waals surface area contributed by atoms with E-state index in [0.29, 0.717) is 0 Å². The van der Waals surface area contributed by atoms with Crippen molar-refractivity contribution in [1.29, 1.82) is 0 Å². The minimum atomic E-state index is 1.13. The lowest BCUT2D eigenvalue weighted by molar-refractivity contribution is 1.26. The summed E-state index contributed by atoms with van der Waals surface area (Å²) in [4.78, 5) is 4.87. The molecule has 0 fully saturated rings. The Hall–Kier alpha value is -7.16. The van der Waals surface area contributed by atoms with Gasteiger partial charge in [-0.05, 0) is 129 Å². The van der Waals surface area contributed by atoms with Crippen LogP contribution in [0.4, 0.5) is 34.1 Å². The van der Waals surface area contributed by atoms with Crippen molar-refractivity contribution in [3.8, 4) is 22.3 Å². The number of hydrogen-bond acceptors (Lipinski definition) is 2. The van der Waals surface area contributed by atoms with Crippen molar-refractivity contribution in [3.05, 3.63) is 217 Å². The Morgan fingerprint density at radius 1 is 0.286 bits per heavy atom. The standard InChI is InChI=1S/C54H40N2/c1-37-35-43(39-15-7-3-8-16-39)27-31-49(37)55(45-19-11-5-12-20-45)51-33-25-41-23-24-42-26-34-52(48-30-29-47(51)53(41)54(42)48)56(46-21-13-6-14-22-46)50-32-28-44(36-38(50)2)40-17-9-4-10-18-40/h3-36H,1-2H3. The van der Waals surface area contributed by atoms with Gasteiger partial charge in [-0.15, -0.1) is 0 Å². The molecule has 0 aliphatic rings. The fraction of sp³-hybridized carbons (Fsp3) is 0.0370. The van der Waals surface area contributed by atoms with Gasteiger partial charge in [0.1, 0.15) is 0 Å². The van der Waals surface area contributed by atoms with E-state index < -0.39 is 0 Å². The van der Waals surface area contributed by atoms with Crippen LogP contribution in [0.1, 0.15) is 11.1 Å². The van der Waals surface area contributed by atoms with Crippen LogP contribution in [-0.4, -0.2) is 0 Å². The molecule has 0 amide bonds. The average molecular weight is 717 g/mol. The van der Waals surface area contributed by atoms with Gasteiger partial charge in [-0.1, -0.05) is 146 Å². The van der Waals surface area contributed by atoms with Crippen molar-refractivity contribution in [3.63, 3.8) is 0 Å². The van der Waals surface area contributed by atoms with Crippen molar-refractivity contribution < 1.29 is 0 Å². The van der Waals surface area contributed by atoms with Gasteiger partial charge >= 0.3 is 0 Å². The first-order valence-corrected chi connectivity index (χ1v) is 19.4. The maximum absolute atomic E-state index is 2.44. The summed E-state index contributed by atoms with van der Waals surface area (Å²) in [7, 11) is 0. The van der Waals surface area contributed by atoms with E-state index in [4.69, 9.17) is 0 Å². The third kappa shape index (κ3) is 5.75. The Morgan fingerprint density at radius 3 is 1.00 bits per heavy atom. The van der Waals surface area contributed by atoms with Crippen molar-refractivity contribution in [2.24, 2.45) is 0 Å². The molecule has 0 atom stereocenters. The summed E-state index contributed by atoms with van der Waals surface area (Å²) in [6.45, 7) is 4.46. The molecule has 10 rings (SSSR count). The Morgan fingerprint density at radius 2 is 0.625 bits per heavy atom. The zero-order valence-electron chi connectivity index (χ0n) is 31.5. The third-order valence-electron chi connectivity index (χ3n) is 11.2. The molecule has 0 bridgehead atoms. The first-order chi connectivity index (χ1) is 27.6. The van der Waals surface area contributed by atoms with Crippen LogP contribution in [-0.2, 0) is 0 Å². The number of benzene rings is 10. The molecule has 2 nitrogen and oxygen atoms in total. The van der Waals surface area contributed by atoms with Gasteiger partial charge in [-0.25, -0.2) is 0 Å². The van der Waals surface area contributed by atoms with E-state index in [1.165, 1.54) is 65.7 Å². The summed E-state index contributed by atoms with van der Waals surface area (Å²) < 4.78 is 0. The van der Waals surface area contributed by atoms with Crippen molar-refractivity contribution in [2.75, 3.05) is 9.80 Å². The van der Waals surface area contributed by atoms with Crippen molar-refractivity contribution in [2.45, 2.75) is 13.8 Å². The molecule has 10 aromatic rings. The summed E-state index contributed by atoms with van der Waals surface area (Å²) in [6, 6.07) is 75.0. The minimum Gasteiger partial charge on any atom is -0.310 e. The second-order valence-electron chi connectivity index (χ2n) is 14.7. The summed E-state index contributed by atoms with van der Waals surface area (Å²) in [5, 5.41) is 7.48. The quantitative estimate of drug-likeness (QED) is 0.144. The normalized spacial score (nSPS) is 11.4. The smallest absolute Gasteiger partial charge is 0.0540 e. The molecule has 2 heteroatoms. The molecule has 0 heterocycles. The highest BCUT2D eigenvalue weighted by atomic mass is 15.2. The van der Waals surface area contributed by atoms with Crippen LogP contribution < -0.4 is 9.80 Å². The van der Waals surface area contributed by atoms with Crippen LogP contribution in [0.15, 0.2) is 206 Å². The predicted molar refractivity (Wildman–Crippen MR) is 240 cm³/mol. The number of nitrogens with zero attached hydrogens (tertiary/aromatic N) is 2. The second kappa shape index (κ2) is 13.9. The van der Waals surface area contributed by atoms with Gasteiger partial charge in [-0.3, -0.25) is 0 Å². The monoisotopic (exact) mass is 716 g/mol. The fourth-order valence-electron chi connectivity index (χ4n) is 8.56. The molecule has 266 valence electrons. The second-order valence-corrected chi connectivity index (χ2v) is 14.7. The van der Waals surface area contributed by atoms with E-state index in [-0.39, 0.29) is 0 Å². The molecule has 0 aromatic heterocycles. The summed E-state index contributed by atoms with van der Waals surface area (Å²) in [5.74, 6) is 0. The molecular weight excluding hydrogens is 677 g/mol. The van der Waals surface area contributed by atoms with Gasteiger partial charge in [0.25, 0.3) is 0 Å². The fourth-order valence-corrected chi connectivity index (χ4v) is 8.56. The number of para-hydroxylation sites is 2. The minimum absolute atomic E-state index is 1.13.